The fraction of sp³-hybridized carbons (Fsp3) is 0.455. The third-order valence-corrected chi connectivity index (χ3v) is 2.32. The Hall–Kier alpha value is -1.26. The molecule has 2 atom stereocenters. The van der Waals surface area contributed by atoms with Gasteiger partial charge < -0.3 is 20.3 Å². The molecule has 84 valence electrons. The lowest BCUT2D eigenvalue weighted by molar-refractivity contribution is 0.162. The summed E-state index contributed by atoms with van der Waals surface area (Å²) in [5, 5.41) is 9.44. The Morgan fingerprint density at radius 1 is 1.27 bits per heavy atom. The van der Waals surface area contributed by atoms with Crippen LogP contribution in [0.2, 0.25) is 0 Å². The number of rotatable bonds is 4. The maximum Gasteiger partial charge on any atom is 0.123 e. The van der Waals surface area contributed by atoms with E-state index in [-0.39, 0.29) is 0 Å². The van der Waals surface area contributed by atoms with Crippen molar-refractivity contribution in [1.82, 2.24) is 0 Å². The van der Waals surface area contributed by atoms with Gasteiger partial charge in [0.2, 0.25) is 0 Å². The van der Waals surface area contributed by atoms with E-state index in [9.17, 15) is 5.11 Å². The molecule has 0 bridgehead atoms. The highest BCUT2D eigenvalue weighted by Gasteiger charge is 2.17. The summed E-state index contributed by atoms with van der Waals surface area (Å²) < 4.78 is 10.3. The van der Waals surface area contributed by atoms with Crippen molar-refractivity contribution < 1.29 is 14.6 Å². The molecule has 4 nitrogen and oxygen atoms in total. The second-order valence-electron chi connectivity index (χ2n) is 3.37. The first-order valence-electron chi connectivity index (χ1n) is 4.75. The van der Waals surface area contributed by atoms with Crippen LogP contribution < -0.4 is 15.2 Å². The lowest BCUT2D eigenvalue weighted by Gasteiger charge is -2.18. The van der Waals surface area contributed by atoms with Crippen LogP contribution in [0.3, 0.4) is 0 Å². The Morgan fingerprint density at radius 3 is 2.40 bits per heavy atom. The summed E-state index contributed by atoms with van der Waals surface area (Å²) in [4.78, 5) is 0. The number of aliphatic hydroxyl groups is 1. The number of hydrogen-bond acceptors (Lipinski definition) is 4. The van der Waals surface area contributed by atoms with E-state index in [0.29, 0.717) is 11.5 Å². The number of nitrogens with two attached hydrogens (primary N) is 1. The van der Waals surface area contributed by atoms with Gasteiger partial charge in [0.25, 0.3) is 0 Å². The fourth-order valence-electron chi connectivity index (χ4n) is 1.36. The monoisotopic (exact) mass is 211 g/mol. The summed E-state index contributed by atoms with van der Waals surface area (Å²) in [5.74, 6) is 1.35. The summed E-state index contributed by atoms with van der Waals surface area (Å²) >= 11 is 0. The van der Waals surface area contributed by atoms with Gasteiger partial charge >= 0.3 is 0 Å². The Labute approximate surface area is 89.6 Å². The summed E-state index contributed by atoms with van der Waals surface area (Å²) in [6.07, 6.45) is -0.633. The molecule has 0 aliphatic rings. The van der Waals surface area contributed by atoms with E-state index in [4.69, 9.17) is 15.2 Å². The zero-order chi connectivity index (χ0) is 11.4. The topological polar surface area (TPSA) is 64.7 Å². The van der Waals surface area contributed by atoms with E-state index in [0.717, 1.165) is 5.56 Å². The number of hydrogen-bond donors (Lipinski definition) is 2. The predicted molar refractivity (Wildman–Crippen MR) is 58.2 cm³/mol. The second kappa shape index (κ2) is 5.00. The minimum Gasteiger partial charge on any atom is -0.497 e. The van der Waals surface area contributed by atoms with Crippen molar-refractivity contribution in [3.8, 4) is 11.5 Å². The molecular weight excluding hydrogens is 194 g/mol. The largest absolute Gasteiger partial charge is 0.497 e. The first-order valence-corrected chi connectivity index (χ1v) is 4.75. The molecule has 0 fully saturated rings. The molecule has 0 aliphatic carbocycles. The highest BCUT2D eigenvalue weighted by atomic mass is 16.5. The van der Waals surface area contributed by atoms with Crippen LogP contribution >= 0.6 is 0 Å². The standard InChI is InChI=1S/C11H17NO3/c1-7(13)11(12)9-6-8(14-2)4-5-10(9)15-3/h4-7,11,13H,12H2,1-3H3/t7-,11+/m0/s1. The van der Waals surface area contributed by atoms with E-state index < -0.39 is 12.1 Å². The van der Waals surface area contributed by atoms with Gasteiger partial charge in [0.1, 0.15) is 11.5 Å². The van der Waals surface area contributed by atoms with Gasteiger partial charge in [-0.05, 0) is 25.1 Å². The first kappa shape index (κ1) is 11.8. The second-order valence-corrected chi connectivity index (χ2v) is 3.37. The van der Waals surface area contributed by atoms with Gasteiger partial charge in [-0.3, -0.25) is 0 Å². The van der Waals surface area contributed by atoms with E-state index in [2.05, 4.69) is 0 Å². The SMILES string of the molecule is COc1ccc(OC)c([C@H](N)[C@H](C)O)c1. The fourth-order valence-corrected chi connectivity index (χ4v) is 1.36. The van der Waals surface area contributed by atoms with E-state index >= 15 is 0 Å². The lowest BCUT2D eigenvalue weighted by atomic mass is 10.0. The van der Waals surface area contributed by atoms with E-state index in [1.807, 2.05) is 0 Å². The average molecular weight is 211 g/mol. The molecule has 0 amide bonds. The number of benzene rings is 1. The molecular formula is C11H17NO3. The summed E-state index contributed by atoms with van der Waals surface area (Å²) in [6.45, 7) is 1.64. The Bertz CT molecular complexity index is 326. The molecule has 3 N–H and O–H groups in total. The van der Waals surface area contributed by atoms with E-state index in [1.54, 1.807) is 39.3 Å². The van der Waals surface area contributed by atoms with Crippen LogP contribution in [-0.4, -0.2) is 25.4 Å². The van der Waals surface area contributed by atoms with Gasteiger partial charge in [-0.25, -0.2) is 0 Å². The minimum atomic E-state index is -0.633. The Balaban J connectivity index is 3.11. The molecule has 0 heterocycles. The molecule has 4 heteroatoms. The van der Waals surface area contributed by atoms with Crippen molar-refractivity contribution in [2.24, 2.45) is 5.73 Å². The zero-order valence-corrected chi connectivity index (χ0v) is 9.23. The van der Waals surface area contributed by atoms with Crippen LogP contribution in [0.25, 0.3) is 0 Å². The number of ether oxygens (including phenoxy) is 2. The third kappa shape index (κ3) is 2.61. The molecule has 0 saturated heterocycles. The van der Waals surface area contributed by atoms with Crippen molar-refractivity contribution in [3.05, 3.63) is 23.8 Å². The van der Waals surface area contributed by atoms with Crippen LogP contribution in [0.15, 0.2) is 18.2 Å². The minimum absolute atomic E-state index is 0.477. The van der Waals surface area contributed by atoms with Crippen LogP contribution in [0.4, 0.5) is 0 Å². The first-order chi connectivity index (χ1) is 7.10. The van der Waals surface area contributed by atoms with Gasteiger partial charge in [0.15, 0.2) is 0 Å². The quantitative estimate of drug-likeness (QED) is 0.782. The van der Waals surface area contributed by atoms with Crippen molar-refractivity contribution in [2.45, 2.75) is 19.1 Å². The average Bonchev–Trinajstić information content (AvgIpc) is 2.27. The third-order valence-electron chi connectivity index (χ3n) is 2.32. The van der Waals surface area contributed by atoms with Crippen LogP contribution in [-0.2, 0) is 0 Å². The molecule has 0 aliphatic heterocycles. The number of methoxy groups -OCH3 is 2. The lowest BCUT2D eigenvalue weighted by Crippen LogP contribution is -2.23. The van der Waals surface area contributed by atoms with Crippen LogP contribution in [0.1, 0.15) is 18.5 Å². The molecule has 1 aromatic rings. The highest BCUT2D eigenvalue weighted by molar-refractivity contribution is 5.42. The van der Waals surface area contributed by atoms with Crippen LogP contribution in [0.5, 0.6) is 11.5 Å². The van der Waals surface area contributed by atoms with Crippen molar-refractivity contribution >= 4 is 0 Å². The zero-order valence-electron chi connectivity index (χ0n) is 9.23. The van der Waals surface area contributed by atoms with E-state index in [1.165, 1.54) is 0 Å². The van der Waals surface area contributed by atoms with Gasteiger partial charge in [0.05, 0.1) is 26.4 Å². The summed E-state index contributed by atoms with van der Waals surface area (Å²) in [6, 6.07) is 4.86. The van der Waals surface area contributed by atoms with Gasteiger partial charge in [-0.1, -0.05) is 0 Å². The smallest absolute Gasteiger partial charge is 0.123 e. The maximum absolute atomic E-state index is 9.44. The predicted octanol–water partition coefficient (Wildman–Crippen LogP) is 1.08. The Morgan fingerprint density at radius 2 is 1.93 bits per heavy atom. The molecule has 0 aromatic heterocycles. The molecule has 1 aromatic carbocycles. The molecule has 1 rings (SSSR count). The summed E-state index contributed by atoms with van der Waals surface area (Å²) in [7, 11) is 3.15. The maximum atomic E-state index is 9.44. The molecule has 0 radical (unpaired) electrons. The number of aliphatic hydroxyl groups excluding tert-OH is 1. The summed E-state index contributed by atoms with van der Waals surface area (Å²) in [5.41, 5.74) is 6.59. The van der Waals surface area contributed by atoms with Crippen molar-refractivity contribution in [3.63, 3.8) is 0 Å². The molecule has 15 heavy (non-hydrogen) atoms. The van der Waals surface area contributed by atoms with Crippen molar-refractivity contribution in [2.75, 3.05) is 14.2 Å². The normalized spacial score (nSPS) is 14.5. The Kier molecular flexibility index (Phi) is 3.94. The molecule has 0 spiro atoms. The highest BCUT2D eigenvalue weighted by Crippen LogP contribution is 2.29. The van der Waals surface area contributed by atoms with Crippen LogP contribution in [0, 0.1) is 0 Å². The van der Waals surface area contributed by atoms with Gasteiger partial charge in [-0.15, -0.1) is 0 Å². The van der Waals surface area contributed by atoms with Gasteiger partial charge in [-0.2, -0.15) is 0 Å². The van der Waals surface area contributed by atoms with Gasteiger partial charge in [0, 0.05) is 5.56 Å². The molecule has 0 saturated carbocycles. The van der Waals surface area contributed by atoms with Crippen molar-refractivity contribution in [1.29, 1.82) is 0 Å². The molecule has 0 unspecified atom stereocenters.